The lowest BCUT2D eigenvalue weighted by atomic mass is 10.2. The van der Waals surface area contributed by atoms with E-state index in [0.717, 1.165) is 0 Å². The second-order valence-electron chi connectivity index (χ2n) is 2.00. The van der Waals surface area contributed by atoms with E-state index in [-0.39, 0.29) is 13.2 Å². The van der Waals surface area contributed by atoms with Crippen molar-refractivity contribution in [2.75, 3.05) is 6.73 Å². The summed E-state index contributed by atoms with van der Waals surface area (Å²) < 4.78 is 0. The first-order valence-corrected chi connectivity index (χ1v) is 3.76. The second-order valence-corrected chi connectivity index (χ2v) is 2.00. The molecule has 6 heteroatoms. The Bertz CT molecular complexity index is 223. The molecule has 6 nitrogen and oxygen atoms in total. The van der Waals surface area contributed by atoms with Gasteiger partial charge in [0, 0.05) is 11.3 Å². The number of carbonyl (C=O) groups is 1. The highest BCUT2D eigenvalue weighted by atomic mass is 16.3. The average molecular weight is 198 g/mol. The molecule has 0 spiro atoms. The van der Waals surface area contributed by atoms with Gasteiger partial charge in [-0.2, -0.15) is 0 Å². The molecule has 0 aliphatic carbocycles. The summed E-state index contributed by atoms with van der Waals surface area (Å²) >= 11 is 0. The summed E-state index contributed by atoms with van der Waals surface area (Å²) in [5.74, 6) is 0. The molecule has 14 heavy (non-hydrogen) atoms. The van der Waals surface area contributed by atoms with Gasteiger partial charge in [0.1, 0.15) is 12.5 Å². The highest BCUT2D eigenvalue weighted by Gasteiger charge is 2.07. The van der Waals surface area contributed by atoms with Gasteiger partial charge in [-0.3, -0.25) is 5.32 Å². The normalized spacial score (nSPS) is 10.1. The number of aliphatic hydroxyl groups is 1. The fourth-order valence-electron chi connectivity index (χ4n) is 0.624. The maximum Gasteiger partial charge on any atom is 0.124 e. The van der Waals surface area contributed by atoms with Gasteiger partial charge in [0.15, 0.2) is 0 Å². The Kier molecular flexibility index (Phi) is 12.1. The van der Waals surface area contributed by atoms with E-state index < -0.39 is 6.17 Å². The van der Waals surface area contributed by atoms with Crippen molar-refractivity contribution in [1.29, 1.82) is 0 Å². The molecule has 0 aromatic carbocycles. The molecule has 0 heterocycles. The predicted octanol–water partition coefficient (Wildman–Crippen LogP) is 1.11. The molecule has 0 saturated heterocycles. The van der Waals surface area contributed by atoms with Gasteiger partial charge >= 0.3 is 0 Å². The van der Waals surface area contributed by atoms with E-state index in [2.05, 4.69) is 35.1 Å². The van der Waals surface area contributed by atoms with Crippen molar-refractivity contribution in [3.05, 3.63) is 35.8 Å². The molecule has 0 rings (SSSR count). The van der Waals surface area contributed by atoms with E-state index in [9.17, 15) is 4.79 Å². The summed E-state index contributed by atoms with van der Waals surface area (Å²) in [6, 6.07) is 0. The molecule has 78 valence electrons. The first-order valence-electron chi connectivity index (χ1n) is 3.76. The molecule has 0 aliphatic rings. The summed E-state index contributed by atoms with van der Waals surface area (Å²) in [6.07, 6.45) is 0.0445. The molecular weight excluding hydrogens is 184 g/mol. The minimum atomic E-state index is -0.717. The number of nitrogens with one attached hydrogen (secondary N) is 1. The average Bonchev–Trinajstić information content (AvgIpc) is 2.21. The zero-order valence-corrected chi connectivity index (χ0v) is 7.89. The zero-order valence-electron chi connectivity index (χ0n) is 7.89. The highest BCUT2D eigenvalue weighted by molar-refractivity contribution is 5.54. The lowest BCUT2D eigenvalue weighted by Crippen LogP contribution is -2.29. The topological polar surface area (TPSA) is 98.1 Å². The van der Waals surface area contributed by atoms with Gasteiger partial charge < -0.3 is 9.90 Å². The van der Waals surface area contributed by atoms with Gasteiger partial charge in [-0.1, -0.05) is 11.7 Å². The van der Waals surface area contributed by atoms with Crippen LogP contribution in [0.15, 0.2) is 30.4 Å². The van der Waals surface area contributed by atoms with Gasteiger partial charge in [-0.05, 0) is 11.1 Å². The quantitative estimate of drug-likeness (QED) is 0.167. The largest absolute Gasteiger partial charge is 0.381 e. The Labute approximate surface area is 82.6 Å². The van der Waals surface area contributed by atoms with Crippen molar-refractivity contribution < 1.29 is 9.90 Å². The van der Waals surface area contributed by atoms with Crippen LogP contribution in [0.4, 0.5) is 0 Å². The first kappa shape index (κ1) is 14.9. The molecule has 0 aliphatic heterocycles. The standard InChI is InChI=1S/C6H10N4O2.C2H4/c1-5(2-3-11)6(8-4-12)9-10-7;1-2/h3,6,8,12H,1-2,4H2;1-2H2. The summed E-state index contributed by atoms with van der Waals surface area (Å²) in [5, 5.41) is 14.2. The Morgan fingerprint density at radius 1 is 1.71 bits per heavy atom. The van der Waals surface area contributed by atoms with Gasteiger partial charge in [0.05, 0.1) is 6.73 Å². The lowest BCUT2D eigenvalue weighted by Gasteiger charge is -2.11. The smallest absolute Gasteiger partial charge is 0.124 e. The third-order valence-electron chi connectivity index (χ3n) is 1.18. The molecular formula is C8H14N4O2. The third kappa shape index (κ3) is 7.05. The third-order valence-corrected chi connectivity index (χ3v) is 1.18. The monoisotopic (exact) mass is 198 g/mol. The Hall–Kier alpha value is -1.62. The minimum Gasteiger partial charge on any atom is -0.381 e. The maximum absolute atomic E-state index is 10.0. The van der Waals surface area contributed by atoms with Crippen LogP contribution in [0.25, 0.3) is 10.4 Å². The van der Waals surface area contributed by atoms with E-state index in [4.69, 9.17) is 10.6 Å². The Balaban J connectivity index is 0. The maximum atomic E-state index is 10.0. The van der Waals surface area contributed by atoms with E-state index in [1.165, 1.54) is 0 Å². The molecule has 1 unspecified atom stereocenters. The number of azide groups is 1. The van der Waals surface area contributed by atoms with E-state index in [1.54, 1.807) is 0 Å². The highest BCUT2D eigenvalue weighted by Crippen LogP contribution is 2.04. The van der Waals surface area contributed by atoms with Crippen LogP contribution in [-0.2, 0) is 4.79 Å². The van der Waals surface area contributed by atoms with Crippen LogP contribution in [0.1, 0.15) is 6.42 Å². The number of hydrogen-bond donors (Lipinski definition) is 2. The summed E-state index contributed by atoms with van der Waals surface area (Å²) in [4.78, 5) is 12.6. The van der Waals surface area contributed by atoms with Crippen LogP contribution in [0, 0.1) is 0 Å². The minimum absolute atomic E-state index is 0.108. The summed E-state index contributed by atoms with van der Waals surface area (Å²) in [5.41, 5.74) is 8.52. The molecule has 0 amide bonds. The van der Waals surface area contributed by atoms with Crippen molar-refractivity contribution in [2.45, 2.75) is 12.6 Å². The summed E-state index contributed by atoms with van der Waals surface area (Å²) in [7, 11) is 0. The zero-order chi connectivity index (χ0) is 11.4. The van der Waals surface area contributed by atoms with E-state index in [0.29, 0.717) is 11.9 Å². The van der Waals surface area contributed by atoms with Crippen LogP contribution in [0.2, 0.25) is 0 Å². The fourth-order valence-corrected chi connectivity index (χ4v) is 0.624. The number of hydrogen-bond acceptors (Lipinski definition) is 4. The first-order chi connectivity index (χ1) is 6.76. The van der Waals surface area contributed by atoms with Gasteiger partial charge in [-0.25, -0.2) is 0 Å². The molecule has 0 saturated carbocycles. The molecule has 0 aromatic rings. The van der Waals surface area contributed by atoms with Crippen molar-refractivity contribution >= 4 is 6.29 Å². The molecule has 0 fully saturated rings. The lowest BCUT2D eigenvalue weighted by molar-refractivity contribution is -0.107. The number of aldehydes is 1. The predicted molar refractivity (Wildman–Crippen MR) is 54.2 cm³/mol. The number of rotatable bonds is 6. The van der Waals surface area contributed by atoms with Crippen molar-refractivity contribution in [2.24, 2.45) is 5.11 Å². The second kappa shape index (κ2) is 11.4. The van der Waals surface area contributed by atoms with Crippen LogP contribution < -0.4 is 5.32 Å². The van der Waals surface area contributed by atoms with Crippen LogP contribution in [0.3, 0.4) is 0 Å². The molecule has 0 aromatic heterocycles. The summed E-state index contributed by atoms with van der Waals surface area (Å²) in [6.45, 7) is 9.18. The number of carbonyl (C=O) groups excluding carboxylic acids is 1. The van der Waals surface area contributed by atoms with E-state index >= 15 is 0 Å². The Morgan fingerprint density at radius 2 is 2.29 bits per heavy atom. The van der Waals surface area contributed by atoms with Gasteiger partial charge in [-0.15, -0.1) is 13.2 Å². The van der Waals surface area contributed by atoms with Crippen LogP contribution in [0.5, 0.6) is 0 Å². The van der Waals surface area contributed by atoms with Gasteiger partial charge in [0.2, 0.25) is 0 Å². The number of aliphatic hydroxyl groups excluding tert-OH is 1. The number of nitrogens with zero attached hydrogens (tertiary/aromatic N) is 3. The van der Waals surface area contributed by atoms with Crippen LogP contribution >= 0.6 is 0 Å². The SMILES string of the molecule is C=C.C=C(CC=O)C(N=[N+]=[N-])NCO. The van der Waals surface area contributed by atoms with Crippen molar-refractivity contribution in [1.82, 2.24) is 5.32 Å². The van der Waals surface area contributed by atoms with Crippen LogP contribution in [-0.4, -0.2) is 24.3 Å². The fraction of sp³-hybridized carbons (Fsp3) is 0.375. The molecule has 0 radical (unpaired) electrons. The molecule has 0 bridgehead atoms. The van der Waals surface area contributed by atoms with Gasteiger partial charge in [0.25, 0.3) is 0 Å². The molecule has 1 atom stereocenters. The Morgan fingerprint density at radius 3 is 2.64 bits per heavy atom. The van der Waals surface area contributed by atoms with Crippen molar-refractivity contribution in [3.8, 4) is 0 Å². The van der Waals surface area contributed by atoms with E-state index in [1.807, 2.05) is 0 Å². The van der Waals surface area contributed by atoms with Crippen molar-refractivity contribution in [3.63, 3.8) is 0 Å². The molecule has 2 N–H and O–H groups in total.